The van der Waals surface area contributed by atoms with Crippen molar-refractivity contribution >= 4 is 17.9 Å². The molecule has 2 heterocycles. The van der Waals surface area contributed by atoms with Crippen molar-refractivity contribution < 1.29 is 0 Å². The molecule has 0 bridgehead atoms. The summed E-state index contributed by atoms with van der Waals surface area (Å²) in [6, 6.07) is 3.92. The Balaban J connectivity index is 2.83. The monoisotopic (exact) mass is 193 g/mol. The Morgan fingerprint density at radius 3 is 3.00 bits per heavy atom. The number of aromatic amines is 1. The number of nitrogens with zero attached hydrogens (tertiary/aromatic N) is 2. The summed E-state index contributed by atoms with van der Waals surface area (Å²) in [5.41, 5.74) is 3.03. The van der Waals surface area contributed by atoms with Gasteiger partial charge < -0.3 is 0 Å². The van der Waals surface area contributed by atoms with Gasteiger partial charge in [0.1, 0.15) is 4.64 Å². The van der Waals surface area contributed by atoms with E-state index in [-0.39, 0.29) is 0 Å². The molecule has 2 rings (SSSR count). The topological polar surface area (TPSA) is 33.1 Å². The van der Waals surface area contributed by atoms with E-state index >= 15 is 0 Å². The van der Waals surface area contributed by atoms with Gasteiger partial charge in [-0.25, -0.2) is 9.50 Å². The second-order valence-electron chi connectivity index (χ2n) is 3.06. The molecule has 13 heavy (non-hydrogen) atoms. The van der Waals surface area contributed by atoms with Gasteiger partial charge in [-0.2, -0.15) is 0 Å². The quantitative estimate of drug-likeness (QED) is 0.705. The third kappa shape index (κ3) is 1.37. The Bertz CT molecular complexity index is 495. The van der Waals surface area contributed by atoms with Crippen LogP contribution in [0.15, 0.2) is 12.1 Å². The molecule has 0 unspecified atom stereocenters. The highest BCUT2D eigenvalue weighted by atomic mass is 32.1. The van der Waals surface area contributed by atoms with Crippen LogP contribution in [0.3, 0.4) is 0 Å². The summed E-state index contributed by atoms with van der Waals surface area (Å²) in [4.78, 5) is 4.37. The van der Waals surface area contributed by atoms with Crippen molar-refractivity contribution in [2.45, 2.75) is 20.3 Å². The first-order valence-electron chi connectivity index (χ1n) is 4.29. The Kier molecular flexibility index (Phi) is 1.92. The second-order valence-corrected chi connectivity index (χ2v) is 3.48. The zero-order valence-electron chi connectivity index (χ0n) is 7.66. The van der Waals surface area contributed by atoms with E-state index in [1.165, 1.54) is 0 Å². The molecule has 0 fully saturated rings. The lowest BCUT2D eigenvalue weighted by atomic mass is 10.3. The van der Waals surface area contributed by atoms with Crippen molar-refractivity contribution in [1.29, 1.82) is 0 Å². The highest BCUT2D eigenvalue weighted by Crippen LogP contribution is 2.06. The predicted octanol–water partition coefficient (Wildman–Crippen LogP) is 2.26. The van der Waals surface area contributed by atoms with Crippen molar-refractivity contribution in [2.24, 2.45) is 0 Å². The Morgan fingerprint density at radius 2 is 2.31 bits per heavy atom. The summed E-state index contributed by atoms with van der Waals surface area (Å²) in [6.07, 6.45) is 0.969. The maximum atomic E-state index is 5.19. The molecule has 3 nitrogen and oxygen atoms in total. The minimum atomic E-state index is 0.780. The average Bonchev–Trinajstić information content (AvgIpc) is 2.47. The van der Waals surface area contributed by atoms with E-state index in [9.17, 15) is 0 Å². The lowest BCUT2D eigenvalue weighted by molar-refractivity contribution is 0.871. The molecular weight excluding hydrogens is 182 g/mol. The standard InChI is InChI=1S/C9H11N3S/c1-3-7-5-8-10-6(2)4-9(13)12(8)11-7/h4-5,11H,3H2,1-2H3. The average molecular weight is 193 g/mol. The number of H-pyrrole nitrogens is 1. The van der Waals surface area contributed by atoms with Crippen LogP contribution < -0.4 is 0 Å². The maximum Gasteiger partial charge on any atom is 0.154 e. The van der Waals surface area contributed by atoms with E-state index in [4.69, 9.17) is 12.2 Å². The molecule has 0 aliphatic heterocycles. The number of aromatic nitrogens is 3. The molecule has 0 saturated carbocycles. The molecular formula is C9H11N3S. The molecule has 0 aliphatic carbocycles. The van der Waals surface area contributed by atoms with Crippen LogP contribution >= 0.6 is 12.2 Å². The van der Waals surface area contributed by atoms with Gasteiger partial charge in [-0.3, -0.25) is 5.10 Å². The number of aryl methyl sites for hydroxylation is 2. The molecule has 0 saturated heterocycles. The SMILES string of the molecule is CCc1cc2nc(C)cc(=S)n2[nH]1. The van der Waals surface area contributed by atoms with Crippen molar-refractivity contribution in [2.75, 3.05) is 0 Å². The molecule has 1 N–H and O–H groups in total. The third-order valence-electron chi connectivity index (χ3n) is 2.01. The fourth-order valence-corrected chi connectivity index (χ4v) is 1.65. The highest BCUT2D eigenvalue weighted by molar-refractivity contribution is 7.71. The molecule has 4 heteroatoms. The maximum absolute atomic E-state index is 5.19. The first kappa shape index (κ1) is 8.44. The van der Waals surface area contributed by atoms with Gasteiger partial charge >= 0.3 is 0 Å². The Hall–Kier alpha value is -1.16. The van der Waals surface area contributed by atoms with Gasteiger partial charge in [0.15, 0.2) is 5.65 Å². The zero-order valence-corrected chi connectivity index (χ0v) is 8.48. The van der Waals surface area contributed by atoms with E-state index < -0.39 is 0 Å². The second kappa shape index (κ2) is 2.96. The number of hydrogen-bond acceptors (Lipinski definition) is 2. The van der Waals surface area contributed by atoms with Crippen LogP contribution in [0.25, 0.3) is 5.65 Å². The lowest BCUT2D eigenvalue weighted by Gasteiger charge is -1.94. The van der Waals surface area contributed by atoms with E-state index in [1.807, 2.05) is 23.6 Å². The minimum Gasteiger partial charge on any atom is -0.296 e. The van der Waals surface area contributed by atoms with Gasteiger partial charge in [0.05, 0.1) is 0 Å². The Morgan fingerprint density at radius 1 is 1.54 bits per heavy atom. The molecule has 0 radical (unpaired) electrons. The smallest absolute Gasteiger partial charge is 0.154 e. The first-order valence-corrected chi connectivity index (χ1v) is 4.70. The van der Waals surface area contributed by atoms with Crippen molar-refractivity contribution in [1.82, 2.24) is 14.6 Å². The zero-order chi connectivity index (χ0) is 9.42. The number of rotatable bonds is 1. The van der Waals surface area contributed by atoms with Crippen LogP contribution in [-0.2, 0) is 6.42 Å². The van der Waals surface area contributed by atoms with E-state index in [2.05, 4.69) is 17.0 Å². The van der Waals surface area contributed by atoms with Crippen LogP contribution in [0.5, 0.6) is 0 Å². The molecule has 0 atom stereocenters. The summed E-state index contributed by atoms with van der Waals surface area (Å²) >= 11 is 5.19. The highest BCUT2D eigenvalue weighted by Gasteiger charge is 2.00. The molecule has 68 valence electrons. The molecule has 0 aromatic carbocycles. The molecule has 0 spiro atoms. The van der Waals surface area contributed by atoms with E-state index in [1.54, 1.807) is 0 Å². The number of nitrogens with one attached hydrogen (secondary N) is 1. The van der Waals surface area contributed by atoms with Crippen LogP contribution in [0, 0.1) is 11.6 Å². The van der Waals surface area contributed by atoms with Gasteiger partial charge in [0, 0.05) is 17.5 Å². The van der Waals surface area contributed by atoms with Gasteiger partial charge in [-0.05, 0) is 19.4 Å². The van der Waals surface area contributed by atoms with Crippen LogP contribution in [0.1, 0.15) is 18.3 Å². The largest absolute Gasteiger partial charge is 0.296 e. The molecule has 2 aromatic rings. The first-order chi connectivity index (χ1) is 6.20. The van der Waals surface area contributed by atoms with Crippen molar-refractivity contribution in [3.8, 4) is 0 Å². The number of fused-ring (bicyclic) bond motifs is 1. The molecule has 0 aliphatic rings. The lowest BCUT2D eigenvalue weighted by Crippen LogP contribution is -1.93. The molecule has 0 amide bonds. The van der Waals surface area contributed by atoms with Crippen LogP contribution in [0.2, 0.25) is 0 Å². The van der Waals surface area contributed by atoms with Crippen molar-refractivity contribution in [3.63, 3.8) is 0 Å². The number of hydrogen-bond donors (Lipinski definition) is 1. The summed E-state index contributed by atoms with van der Waals surface area (Å²) in [5.74, 6) is 0. The summed E-state index contributed by atoms with van der Waals surface area (Å²) < 4.78 is 2.61. The fraction of sp³-hybridized carbons (Fsp3) is 0.333. The van der Waals surface area contributed by atoms with Crippen molar-refractivity contribution in [3.05, 3.63) is 28.2 Å². The summed E-state index contributed by atoms with van der Waals surface area (Å²) in [6.45, 7) is 4.05. The van der Waals surface area contributed by atoms with Gasteiger partial charge in [-0.15, -0.1) is 0 Å². The van der Waals surface area contributed by atoms with Gasteiger partial charge in [-0.1, -0.05) is 19.1 Å². The summed E-state index contributed by atoms with van der Waals surface area (Å²) in [5, 5.41) is 3.19. The fourth-order valence-electron chi connectivity index (χ4n) is 1.34. The molecule has 2 aromatic heterocycles. The summed E-state index contributed by atoms with van der Waals surface area (Å²) in [7, 11) is 0. The van der Waals surface area contributed by atoms with Crippen LogP contribution in [0.4, 0.5) is 0 Å². The third-order valence-corrected chi connectivity index (χ3v) is 2.31. The van der Waals surface area contributed by atoms with Crippen LogP contribution in [-0.4, -0.2) is 14.6 Å². The van der Waals surface area contributed by atoms with E-state index in [0.717, 1.165) is 28.1 Å². The van der Waals surface area contributed by atoms with E-state index in [0.29, 0.717) is 0 Å². The normalized spacial score (nSPS) is 10.9. The minimum absolute atomic E-state index is 0.780. The predicted molar refractivity (Wildman–Crippen MR) is 54.5 cm³/mol. The Labute approximate surface area is 81.4 Å². The van der Waals surface area contributed by atoms with Gasteiger partial charge in [0.25, 0.3) is 0 Å². The van der Waals surface area contributed by atoms with Gasteiger partial charge in [0.2, 0.25) is 0 Å².